The number of nitrogens with one attached hydrogen (secondary N) is 2. The number of halogens is 1. The van der Waals surface area contributed by atoms with Crippen molar-refractivity contribution >= 4 is 17.8 Å². The number of nitrogens with zero attached hydrogens (tertiary/aromatic N) is 3. The van der Waals surface area contributed by atoms with Crippen LogP contribution in [0.15, 0.2) is 48.3 Å². The van der Waals surface area contributed by atoms with E-state index < -0.39 is 17.5 Å². The van der Waals surface area contributed by atoms with Crippen LogP contribution in [-0.4, -0.2) is 38.3 Å². The molecule has 2 aromatic rings. The molecule has 1 aliphatic rings. The molecule has 0 spiro atoms. The minimum absolute atomic E-state index is 0.0385. The summed E-state index contributed by atoms with van der Waals surface area (Å²) in [7, 11) is 1.82. The van der Waals surface area contributed by atoms with Gasteiger partial charge in [-0.15, -0.1) is 0 Å². The molecular weight excluding hydrogens is 509 g/mol. The number of rotatable bonds is 5. The van der Waals surface area contributed by atoms with Gasteiger partial charge in [-0.25, -0.2) is 9.18 Å². The Kier molecular flexibility index (Phi) is 13.1. The number of carbonyl (C=O) groups is 2. The number of hydrogen-bond acceptors (Lipinski definition) is 5. The lowest BCUT2D eigenvalue weighted by molar-refractivity contribution is 0.0522. The average Bonchev–Trinajstić information content (AvgIpc) is 3.13. The highest BCUT2D eigenvalue weighted by Crippen LogP contribution is 2.32. The third-order valence-corrected chi connectivity index (χ3v) is 5.80. The SMILES string of the molecule is C=C1Nc2c(cnn2C)CN(C(=O)c2ccc(CNC(=O)OC(C)(C)C)c(F)c2)C1C(C)C=C(C)C.CC.CC. The molecule has 0 aliphatic carbocycles. The van der Waals surface area contributed by atoms with Crippen LogP contribution >= 0.6 is 0 Å². The van der Waals surface area contributed by atoms with Crippen LogP contribution in [0.3, 0.4) is 0 Å². The van der Waals surface area contributed by atoms with Gasteiger partial charge in [0.1, 0.15) is 17.2 Å². The van der Waals surface area contributed by atoms with E-state index in [0.29, 0.717) is 12.2 Å². The molecule has 0 fully saturated rings. The summed E-state index contributed by atoms with van der Waals surface area (Å²) >= 11 is 0. The summed E-state index contributed by atoms with van der Waals surface area (Å²) in [6, 6.07) is 3.93. The van der Waals surface area contributed by atoms with Crippen LogP contribution in [0.5, 0.6) is 0 Å². The largest absolute Gasteiger partial charge is 0.444 e. The van der Waals surface area contributed by atoms with Crippen molar-refractivity contribution in [2.24, 2.45) is 13.0 Å². The van der Waals surface area contributed by atoms with Crippen LogP contribution in [0.2, 0.25) is 0 Å². The molecule has 0 radical (unpaired) electrons. The van der Waals surface area contributed by atoms with Gasteiger partial charge < -0.3 is 20.3 Å². The molecule has 2 N–H and O–H groups in total. The summed E-state index contributed by atoms with van der Waals surface area (Å²) in [5.74, 6) is -0.165. The van der Waals surface area contributed by atoms with E-state index in [4.69, 9.17) is 4.74 Å². The van der Waals surface area contributed by atoms with Gasteiger partial charge in [0.05, 0.1) is 18.8 Å². The van der Waals surface area contributed by atoms with Gasteiger partial charge in [0.2, 0.25) is 0 Å². The van der Waals surface area contributed by atoms with Gasteiger partial charge in [-0.05, 0) is 46.8 Å². The first-order valence-electron chi connectivity index (χ1n) is 13.9. The Hall–Kier alpha value is -3.62. The molecule has 2 atom stereocenters. The van der Waals surface area contributed by atoms with Gasteiger partial charge in [-0.1, -0.05) is 58.9 Å². The molecule has 9 heteroatoms. The summed E-state index contributed by atoms with van der Waals surface area (Å²) in [6.07, 6.45) is 3.18. The Bertz CT molecular complexity index is 1190. The predicted molar refractivity (Wildman–Crippen MR) is 160 cm³/mol. The molecule has 2 heterocycles. The average molecular weight is 558 g/mol. The van der Waals surface area contributed by atoms with Gasteiger partial charge in [-0.3, -0.25) is 9.48 Å². The van der Waals surface area contributed by atoms with Crippen molar-refractivity contribution in [3.63, 3.8) is 0 Å². The summed E-state index contributed by atoms with van der Waals surface area (Å²) in [4.78, 5) is 27.4. The number of amides is 2. The summed E-state index contributed by atoms with van der Waals surface area (Å²) < 4.78 is 21.9. The quantitative estimate of drug-likeness (QED) is 0.380. The molecule has 0 saturated heterocycles. The maximum absolute atomic E-state index is 15.0. The van der Waals surface area contributed by atoms with Crippen LogP contribution in [0.25, 0.3) is 0 Å². The third kappa shape index (κ3) is 9.24. The van der Waals surface area contributed by atoms with Crippen molar-refractivity contribution < 1.29 is 18.7 Å². The smallest absolute Gasteiger partial charge is 0.407 e. The first-order chi connectivity index (χ1) is 18.8. The fraction of sp³-hybridized carbons (Fsp3) is 0.516. The van der Waals surface area contributed by atoms with Crippen molar-refractivity contribution in [3.05, 3.63) is 70.8 Å². The Morgan fingerprint density at radius 3 is 2.42 bits per heavy atom. The number of allylic oxidation sites excluding steroid dienone is 1. The lowest BCUT2D eigenvalue weighted by Crippen LogP contribution is -2.44. The van der Waals surface area contributed by atoms with Crippen molar-refractivity contribution in [3.8, 4) is 0 Å². The number of carbonyl (C=O) groups excluding carboxylic acids is 2. The van der Waals surface area contributed by atoms with Crippen LogP contribution in [-0.2, 0) is 24.9 Å². The van der Waals surface area contributed by atoms with Gasteiger partial charge in [0, 0.05) is 41.9 Å². The van der Waals surface area contributed by atoms with E-state index in [1.807, 2.05) is 55.5 Å². The topological polar surface area (TPSA) is 88.5 Å². The minimum atomic E-state index is -0.655. The summed E-state index contributed by atoms with van der Waals surface area (Å²) in [6.45, 7) is 23.8. The number of aryl methyl sites for hydroxylation is 1. The number of benzene rings is 1. The molecular formula is C31H48FN5O3. The second-order valence-corrected chi connectivity index (χ2v) is 10.4. The highest BCUT2D eigenvalue weighted by molar-refractivity contribution is 5.95. The van der Waals surface area contributed by atoms with Gasteiger partial charge in [0.25, 0.3) is 5.91 Å². The number of ether oxygens (including phenoxy) is 1. The number of fused-ring (bicyclic) bond motifs is 1. The van der Waals surface area contributed by atoms with Crippen LogP contribution < -0.4 is 10.6 Å². The Labute approximate surface area is 239 Å². The number of anilines is 1. The highest BCUT2D eigenvalue weighted by Gasteiger charge is 2.35. The van der Waals surface area contributed by atoms with E-state index in [2.05, 4.69) is 28.4 Å². The zero-order chi connectivity index (χ0) is 30.8. The number of hydrogen-bond donors (Lipinski definition) is 2. The predicted octanol–water partition coefficient (Wildman–Crippen LogP) is 7.19. The second kappa shape index (κ2) is 15.2. The molecule has 8 nitrogen and oxygen atoms in total. The van der Waals surface area contributed by atoms with E-state index in [-0.39, 0.29) is 35.5 Å². The maximum Gasteiger partial charge on any atom is 0.407 e. The molecule has 222 valence electrons. The molecule has 3 rings (SSSR count). The standard InChI is InChI=1S/C27H36FN5O3.2C2H6/c1-16(2)11-17(3)23-18(4)31-24-21(14-30-32(24)8)15-33(23)25(34)19-9-10-20(22(28)12-19)13-29-26(35)36-27(5,6)7;2*1-2/h9-12,14,17,23,31H,4,13,15H2,1-3,5-8H3,(H,29,35);2*1-2H3. The minimum Gasteiger partial charge on any atom is -0.444 e. The van der Waals surface area contributed by atoms with Crippen molar-refractivity contribution in [2.45, 2.75) is 94.0 Å². The molecule has 2 unspecified atom stereocenters. The monoisotopic (exact) mass is 557 g/mol. The fourth-order valence-electron chi connectivity index (χ4n) is 4.34. The summed E-state index contributed by atoms with van der Waals surface area (Å²) in [5.41, 5.74) is 2.44. The Morgan fingerprint density at radius 1 is 1.25 bits per heavy atom. The zero-order valence-electron chi connectivity index (χ0n) is 26.1. The Balaban J connectivity index is 0.00000191. The lowest BCUT2D eigenvalue weighted by atomic mass is 9.94. The second-order valence-electron chi connectivity index (χ2n) is 10.4. The van der Waals surface area contributed by atoms with Gasteiger partial charge in [-0.2, -0.15) is 5.10 Å². The fourth-order valence-corrected chi connectivity index (χ4v) is 4.34. The van der Waals surface area contributed by atoms with Crippen molar-refractivity contribution in [2.75, 3.05) is 5.32 Å². The van der Waals surface area contributed by atoms with Crippen molar-refractivity contribution in [1.29, 1.82) is 0 Å². The van der Waals surface area contributed by atoms with Gasteiger partial charge in [0.15, 0.2) is 0 Å². The van der Waals surface area contributed by atoms with Crippen molar-refractivity contribution in [1.82, 2.24) is 20.0 Å². The molecule has 1 aromatic carbocycles. The molecule has 40 heavy (non-hydrogen) atoms. The number of alkyl carbamates (subject to hydrolysis) is 1. The third-order valence-electron chi connectivity index (χ3n) is 5.80. The number of aromatic nitrogens is 2. The van der Waals surface area contributed by atoms with Crippen LogP contribution in [0.4, 0.5) is 15.0 Å². The van der Waals surface area contributed by atoms with Gasteiger partial charge >= 0.3 is 6.09 Å². The lowest BCUT2D eigenvalue weighted by Gasteiger charge is -2.34. The molecule has 1 aromatic heterocycles. The van der Waals surface area contributed by atoms with Crippen LogP contribution in [0, 0.1) is 11.7 Å². The molecule has 0 bridgehead atoms. The molecule has 2 amide bonds. The normalized spacial score (nSPS) is 15.1. The van der Waals surface area contributed by atoms with E-state index in [9.17, 15) is 14.0 Å². The van der Waals surface area contributed by atoms with E-state index in [0.717, 1.165) is 17.0 Å². The highest BCUT2D eigenvalue weighted by atomic mass is 19.1. The zero-order valence-corrected chi connectivity index (χ0v) is 26.1. The van der Waals surface area contributed by atoms with E-state index in [1.54, 1.807) is 42.6 Å². The first kappa shape index (κ1) is 34.4. The molecule has 1 aliphatic heterocycles. The molecule has 0 saturated carbocycles. The summed E-state index contributed by atoms with van der Waals surface area (Å²) in [5, 5.41) is 10.2. The Morgan fingerprint density at radius 2 is 1.88 bits per heavy atom. The maximum atomic E-state index is 15.0. The first-order valence-corrected chi connectivity index (χ1v) is 13.9. The van der Waals surface area contributed by atoms with E-state index >= 15 is 0 Å². The van der Waals surface area contributed by atoms with Crippen LogP contribution in [0.1, 0.15) is 90.7 Å². The van der Waals surface area contributed by atoms with E-state index in [1.165, 1.54) is 12.1 Å².